The predicted octanol–water partition coefficient (Wildman–Crippen LogP) is 4.62. The van der Waals surface area contributed by atoms with Crippen molar-refractivity contribution in [1.29, 1.82) is 0 Å². The van der Waals surface area contributed by atoms with Gasteiger partial charge in [0.05, 0.1) is 18.5 Å². The average molecular weight is 328 g/mol. The highest BCUT2D eigenvalue weighted by Gasteiger charge is 2.10. The van der Waals surface area contributed by atoms with Gasteiger partial charge in [0.25, 0.3) is 0 Å². The van der Waals surface area contributed by atoms with Gasteiger partial charge in [-0.05, 0) is 37.3 Å². The molecular formula is C18H17FN2OS. The topological polar surface area (TPSA) is 26.5 Å². The van der Waals surface area contributed by atoms with Crippen molar-refractivity contribution in [3.63, 3.8) is 0 Å². The van der Waals surface area contributed by atoms with E-state index in [2.05, 4.69) is 16.5 Å². The van der Waals surface area contributed by atoms with Crippen LogP contribution in [0.2, 0.25) is 0 Å². The van der Waals surface area contributed by atoms with Gasteiger partial charge in [-0.1, -0.05) is 18.2 Å². The molecule has 5 heteroatoms. The lowest BCUT2D eigenvalue weighted by Crippen LogP contribution is -2.14. The third kappa shape index (κ3) is 3.19. The molecule has 0 spiro atoms. The van der Waals surface area contributed by atoms with Crippen molar-refractivity contribution in [3.05, 3.63) is 64.5 Å². The van der Waals surface area contributed by atoms with Gasteiger partial charge >= 0.3 is 0 Å². The lowest BCUT2D eigenvalue weighted by Gasteiger charge is -2.08. The number of benzene rings is 2. The van der Waals surface area contributed by atoms with Crippen molar-refractivity contribution in [3.8, 4) is 17.0 Å². The van der Waals surface area contributed by atoms with Gasteiger partial charge in [0, 0.05) is 17.5 Å². The zero-order chi connectivity index (χ0) is 16.2. The smallest absolute Gasteiger partial charge is 0.190 e. The molecule has 0 amide bonds. The molecule has 118 valence electrons. The number of aromatic nitrogens is 1. The van der Waals surface area contributed by atoms with Gasteiger partial charge < -0.3 is 9.30 Å². The minimum atomic E-state index is -0.361. The average Bonchev–Trinajstić information content (AvgIpc) is 2.98. The first-order chi connectivity index (χ1) is 11.2. The lowest BCUT2D eigenvalue weighted by atomic mass is 10.1. The Hall–Kier alpha value is -2.40. The number of halogens is 1. The summed E-state index contributed by atoms with van der Waals surface area (Å²) in [5, 5.41) is 2.01. The maximum atomic E-state index is 14.0. The van der Waals surface area contributed by atoms with Crippen LogP contribution in [-0.4, -0.2) is 11.7 Å². The van der Waals surface area contributed by atoms with Crippen LogP contribution in [0.4, 0.5) is 10.1 Å². The van der Waals surface area contributed by atoms with Crippen molar-refractivity contribution in [2.24, 2.45) is 4.99 Å². The van der Waals surface area contributed by atoms with E-state index >= 15 is 0 Å². The van der Waals surface area contributed by atoms with Crippen molar-refractivity contribution in [2.75, 3.05) is 7.11 Å². The van der Waals surface area contributed by atoms with Crippen LogP contribution in [0.1, 0.15) is 6.92 Å². The SMILES string of the molecule is CCn1c(-c2ccc(OC)c(F)c2)csc1=Nc1ccccc1. The van der Waals surface area contributed by atoms with E-state index in [4.69, 9.17) is 4.74 Å². The first kappa shape index (κ1) is 15.5. The van der Waals surface area contributed by atoms with Crippen LogP contribution in [0.5, 0.6) is 5.75 Å². The van der Waals surface area contributed by atoms with Crippen LogP contribution >= 0.6 is 11.3 Å². The molecule has 0 saturated carbocycles. The summed E-state index contributed by atoms with van der Waals surface area (Å²) in [5.41, 5.74) is 2.67. The number of methoxy groups -OCH3 is 1. The summed E-state index contributed by atoms with van der Waals surface area (Å²) in [5.74, 6) is -0.110. The Labute approximate surface area is 138 Å². The van der Waals surface area contributed by atoms with E-state index in [1.807, 2.05) is 41.8 Å². The van der Waals surface area contributed by atoms with Crippen molar-refractivity contribution in [1.82, 2.24) is 4.57 Å². The van der Waals surface area contributed by atoms with Crippen LogP contribution in [0.25, 0.3) is 11.3 Å². The first-order valence-electron chi connectivity index (χ1n) is 7.35. The summed E-state index contributed by atoms with van der Waals surface area (Å²) in [6, 6.07) is 14.8. The monoisotopic (exact) mass is 328 g/mol. The maximum absolute atomic E-state index is 14.0. The highest BCUT2D eigenvalue weighted by molar-refractivity contribution is 7.07. The second-order valence-corrected chi connectivity index (χ2v) is 5.78. The Morgan fingerprint density at radius 3 is 2.61 bits per heavy atom. The van der Waals surface area contributed by atoms with Gasteiger partial charge in [0.1, 0.15) is 0 Å². The number of hydrogen-bond acceptors (Lipinski definition) is 3. The molecule has 0 aliphatic rings. The fourth-order valence-electron chi connectivity index (χ4n) is 2.39. The molecule has 0 unspecified atom stereocenters. The zero-order valence-electron chi connectivity index (χ0n) is 13.0. The van der Waals surface area contributed by atoms with Gasteiger partial charge in [-0.25, -0.2) is 9.38 Å². The molecule has 2 aromatic carbocycles. The Morgan fingerprint density at radius 1 is 1.17 bits per heavy atom. The second-order valence-electron chi connectivity index (χ2n) is 4.94. The van der Waals surface area contributed by atoms with E-state index in [1.165, 1.54) is 13.2 Å². The molecule has 1 aromatic heterocycles. The van der Waals surface area contributed by atoms with Crippen LogP contribution < -0.4 is 9.54 Å². The Bertz CT molecular complexity index is 868. The normalized spacial score (nSPS) is 11.7. The third-order valence-corrected chi connectivity index (χ3v) is 4.41. The van der Waals surface area contributed by atoms with Gasteiger partial charge in [-0.3, -0.25) is 0 Å². The van der Waals surface area contributed by atoms with Crippen molar-refractivity contribution < 1.29 is 9.13 Å². The fourth-order valence-corrected chi connectivity index (χ4v) is 3.39. The van der Waals surface area contributed by atoms with E-state index < -0.39 is 0 Å². The predicted molar refractivity (Wildman–Crippen MR) is 91.6 cm³/mol. The van der Waals surface area contributed by atoms with Gasteiger partial charge in [0.15, 0.2) is 16.4 Å². The largest absolute Gasteiger partial charge is 0.494 e. The van der Waals surface area contributed by atoms with Crippen LogP contribution in [0.15, 0.2) is 58.9 Å². The Morgan fingerprint density at radius 2 is 1.96 bits per heavy atom. The number of hydrogen-bond donors (Lipinski definition) is 0. The van der Waals surface area contributed by atoms with Gasteiger partial charge in [0.2, 0.25) is 0 Å². The molecule has 0 fully saturated rings. The van der Waals surface area contributed by atoms with E-state index in [0.717, 1.165) is 28.3 Å². The van der Waals surface area contributed by atoms with E-state index in [9.17, 15) is 4.39 Å². The van der Waals surface area contributed by atoms with Gasteiger partial charge in [-0.15, -0.1) is 11.3 Å². The molecule has 0 atom stereocenters. The number of para-hydroxylation sites is 1. The van der Waals surface area contributed by atoms with Crippen molar-refractivity contribution >= 4 is 17.0 Å². The van der Waals surface area contributed by atoms with E-state index in [1.54, 1.807) is 17.4 Å². The Balaban J connectivity index is 2.08. The number of rotatable bonds is 4. The minimum absolute atomic E-state index is 0.251. The summed E-state index contributed by atoms with van der Waals surface area (Å²) < 4.78 is 21.0. The van der Waals surface area contributed by atoms with Crippen LogP contribution in [-0.2, 0) is 6.54 Å². The number of ether oxygens (including phenoxy) is 1. The standard InChI is InChI=1S/C18H17FN2OS/c1-3-21-16(13-9-10-17(22-2)15(19)11-13)12-23-18(21)20-14-7-5-4-6-8-14/h4-12H,3H2,1-2H3. The van der Waals surface area contributed by atoms with E-state index in [0.29, 0.717) is 0 Å². The quantitative estimate of drug-likeness (QED) is 0.686. The summed E-state index contributed by atoms with van der Waals surface area (Å²) in [4.78, 5) is 5.57. The molecule has 0 aliphatic carbocycles. The minimum Gasteiger partial charge on any atom is -0.494 e. The summed E-state index contributed by atoms with van der Waals surface area (Å²) >= 11 is 1.55. The summed E-state index contributed by atoms with van der Waals surface area (Å²) in [6.45, 7) is 2.82. The molecule has 1 heterocycles. The summed E-state index contributed by atoms with van der Waals surface area (Å²) in [6.07, 6.45) is 0. The molecule has 3 aromatic rings. The first-order valence-corrected chi connectivity index (χ1v) is 8.23. The molecule has 0 N–H and O–H groups in total. The van der Waals surface area contributed by atoms with Crippen LogP contribution in [0, 0.1) is 5.82 Å². The molecule has 23 heavy (non-hydrogen) atoms. The fraction of sp³-hybridized carbons (Fsp3) is 0.167. The summed E-state index contributed by atoms with van der Waals surface area (Å²) in [7, 11) is 1.46. The molecule has 3 rings (SSSR count). The lowest BCUT2D eigenvalue weighted by molar-refractivity contribution is 0.386. The molecule has 3 nitrogen and oxygen atoms in total. The molecular weight excluding hydrogens is 311 g/mol. The Kier molecular flexibility index (Phi) is 4.57. The number of nitrogens with zero attached hydrogens (tertiary/aromatic N) is 2. The van der Waals surface area contributed by atoms with Crippen LogP contribution in [0.3, 0.4) is 0 Å². The highest BCUT2D eigenvalue weighted by Crippen LogP contribution is 2.26. The highest BCUT2D eigenvalue weighted by atomic mass is 32.1. The second kappa shape index (κ2) is 6.79. The maximum Gasteiger partial charge on any atom is 0.190 e. The number of thiazole rings is 1. The molecule has 0 radical (unpaired) electrons. The molecule has 0 aliphatic heterocycles. The van der Waals surface area contributed by atoms with Gasteiger partial charge in [-0.2, -0.15) is 0 Å². The molecule has 0 bridgehead atoms. The van der Waals surface area contributed by atoms with Crippen molar-refractivity contribution in [2.45, 2.75) is 13.5 Å². The molecule has 0 saturated heterocycles. The zero-order valence-corrected chi connectivity index (χ0v) is 13.8. The van der Waals surface area contributed by atoms with E-state index in [-0.39, 0.29) is 11.6 Å². The third-order valence-electron chi connectivity index (χ3n) is 3.54.